The maximum Gasteiger partial charge on any atom is 0.115 e. The highest BCUT2D eigenvalue weighted by molar-refractivity contribution is 7.25. The summed E-state index contributed by atoms with van der Waals surface area (Å²) in [5, 5.41) is 4.57. The van der Waals surface area contributed by atoms with Crippen LogP contribution in [-0.2, 0) is 5.41 Å². The van der Waals surface area contributed by atoms with Gasteiger partial charge in [-0.2, -0.15) is 0 Å². The third-order valence-electron chi connectivity index (χ3n) is 12.6. The fourth-order valence-corrected chi connectivity index (χ4v) is 10.9. The second-order valence-electron chi connectivity index (χ2n) is 15.8. The molecule has 0 bridgehead atoms. The van der Waals surface area contributed by atoms with Crippen LogP contribution in [0.15, 0.2) is 182 Å². The van der Waals surface area contributed by atoms with Gasteiger partial charge < -0.3 is 4.90 Å². The quantitative estimate of drug-likeness (QED) is 0.152. The summed E-state index contributed by atoms with van der Waals surface area (Å²) in [4.78, 5) is 2.15. The average molecular weight is 771 g/mol. The highest BCUT2D eigenvalue weighted by Gasteiger charge is 2.41. The van der Waals surface area contributed by atoms with Gasteiger partial charge in [0.2, 0.25) is 0 Å². The summed E-state index contributed by atoms with van der Waals surface area (Å²) >= 11 is 1.81. The molecule has 0 aliphatic heterocycles. The normalized spacial score (nSPS) is 14.4. The maximum atomic E-state index is 7.31. The van der Waals surface area contributed by atoms with Crippen LogP contribution in [0.25, 0.3) is 64.3 Å². The van der Waals surface area contributed by atoms with Gasteiger partial charge in [0.05, 0.1) is 0 Å². The molecule has 1 nitrogen and oxygen atoms in total. The van der Waals surface area contributed by atoms with Crippen molar-refractivity contribution in [3.8, 4) is 33.4 Å². The molecule has 0 fully saturated rings. The molecule has 0 spiro atoms. The third kappa shape index (κ3) is 5.44. The van der Waals surface area contributed by atoms with E-state index in [1.54, 1.807) is 0 Å². The van der Waals surface area contributed by atoms with Crippen LogP contribution in [0.2, 0.25) is 0 Å². The molecule has 0 saturated heterocycles. The van der Waals surface area contributed by atoms with Gasteiger partial charge in [-0.25, -0.2) is 0 Å². The fourth-order valence-electron chi connectivity index (χ4n) is 9.73. The largest absolute Gasteiger partial charge is 0.312 e. The summed E-state index contributed by atoms with van der Waals surface area (Å²) in [7, 11) is 29.0. The lowest BCUT2D eigenvalue weighted by Crippen LogP contribution is -2.46. The zero-order valence-electron chi connectivity index (χ0n) is 33.0. The Hall–Kier alpha value is -6.48. The standard InChI is InChI=1S/C54H33B4NS/c1-54(34-17-3-2-4-18-34)43-25-9-7-21-39(43)40-29-28-36(31-44(40)54)59(35-19-11-16-33(30-35)38-23-13-27-46-47(38)42-22-8-10-26-45(42)60-46)53-51(57)49(55)48(50(56)52(53)58)41-24-12-15-32-14-5-6-20-37(32)41/h2-31H,1H3. The highest BCUT2D eigenvalue weighted by Crippen LogP contribution is 2.54. The van der Waals surface area contributed by atoms with E-state index in [4.69, 9.17) is 31.4 Å². The zero-order chi connectivity index (χ0) is 40.7. The number of thiophene rings is 1. The Morgan fingerprint density at radius 3 is 1.88 bits per heavy atom. The van der Waals surface area contributed by atoms with E-state index in [9.17, 15) is 0 Å². The Morgan fingerprint density at radius 2 is 1.05 bits per heavy atom. The molecule has 1 aliphatic carbocycles. The molecular weight excluding hydrogens is 738 g/mol. The lowest BCUT2D eigenvalue weighted by molar-refractivity contribution is 0.714. The highest BCUT2D eigenvalue weighted by atomic mass is 32.1. The number of fused-ring (bicyclic) bond motifs is 7. The van der Waals surface area contributed by atoms with Crippen molar-refractivity contribution in [2.45, 2.75) is 12.3 Å². The number of hydrogen-bond acceptors (Lipinski definition) is 2. The van der Waals surface area contributed by atoms with E-state index >= 15 is 0 Å². The molecule has 0 N–H and O–H groups in total. The first kappa shape index (κ1) is 36.6. The first-order chi connectivity index (χ1) is 29.3. The molecule has 1 unspecified atom stereocenters. The van der Waals surface area contributed by atoms with E-state index in [0.29, 0.717) is 33.1 Å². The van der Waals surface area contributed by atoms with Crippen molar-refractivity contribution in [2.24, 2.45) is 0 Å². The average Bonchev–Trinajstić information content (AvgIpc) is 3.81. The molecular formula is C54H33B4NS. The third-order valence-corrected chi connectivity index (χ3v) is 13.8. The molecule has 1 aliphatic rings. The summed E-state index contributed by atoms with van der Waals surface area (Å²) in [6, 6.07) is 64.3. The van der Waals surface area contributed by atoms with Crippen LogP contribution in [-0.4, -0.2) is 31.4 Å². The van der Waals surface area contributed by atoms with Crippen molar-refractivity contribution in [3.05, 3.63) is 199 Å². The van der Waals surface area contributed by atoms with Crippen LogP contribution in [0.5, 0.6) is 0 Å². The molecule has 1 atom stereocenters. The van der Waals surface area contributed by atoms with Crippen molar-refractivity contribution in [1.82, 2.24) is 0 Å². The van der Waals surface area contributed by atoms with Gasteiger partial charge in [0, 0.05) is 42.6 Å². The van der Waals surface area contributed by atoms with Crippen LogP contribution in [0, 0.1) is 0 Å². The van der Waals surface area contributed by atoms with Gasteiger partial charge in [0.1, 0.15) is 31.4 Å². The minimum absolute atomic E-state index is 0.357. The Labute approximate surface area is 360 Å². The molecule has 0 amide bonds. The van der Waals surface area contributed by atoms with Gasteiger partial charge in [-0.1, -0.05) is 167 Å². The van der Waals surface area contributed by atoms with Gasteiger partial charge in [0.15, 0.2) is 0 Å². The van der Waals surface area contributed by atoms with Crippen LogP contribution < -0.4 is 26.8 Å². The summed E-state index contributed by atoms with van der Waals surface area (Å²) in [6.45, 7) is 2.32. The molecule has 11 rings (SSSR count). The van der Waals surface area contributed by atoms with Crippen LogP contribution in [0.4, 0.5) is 17.1 Å². The van der Waals surface area contributed by atoms with Crippen molar-refractivity contribution in [3.63, 3.8) is 0 Å². The van der Waals surface area contributed by atoms with Gasteiger partial charge >= 0.3 is 0 Å². The van der Waals surface area contributed by atoms with E-state index in [1.807, 2.05) is 35.6 Å². The molecule has 10 aromatic rings. The van der Waals surface area contributed by atoms with Crippen molar-refractivity contribution in [2.75, 3.05) is 4.90 Å². The Bertz CT molecular complexity index is 3320. The minimum atomic E-state index is -0.431. The second kappa shape index (κ2) is 14.1. The van der Waals surface area contributed by atoms with E-state index in [0.717, 1.165) is 38.8 Å². The molecule has 272 valence electrons. The van der Waals surface area contributed by atoms with E-state index in [1.165, 1.54) is 48.0 Å². The maximum absolute atomic E-state index is 7.31. The molecule has 0 saturated carbocycles. The summed E-state index contributed by atoms with van der Waals surface area (Å²) < 4.78 is 2.50. The molecule has 1 aromatic heterocycles. The van der Waals surface area contributed by atoms with Crippen molar-refractivity contribution < 1.29 is 0 Å². The lowest BCUT2D eigenvalue weighted by Gasteiger charge is -2.34. The number of anilines is 3. The molecule has 9 aromatic carbocycles. The van der Waals surface area contributed by atoms with Gasteiger partial charge in [-0.05, 0) is 104 Å². The second-order valence-corrected chi connectivity index (χ2v) is 16.9. The summed E-state index contributed by atoms with van der Waals surface area (Å²) in [5.74, 6) is 0. The lowest BCUT2D eigenvalue weighted by atomic mass is 9.64. The van der Waals surface area contributed by atoms with Crippen molar-refractivity contribution >= 4 is 113 Å². The number of hydrogen-bond donors (Lipinski definition) is 0. The SMILES string of the molecule is [B]c1c([B])c(N(c2cccc(-c3cccc4sc5ccccc5c34)c2)c2ccc3c(c2)C(C)(c2ccccc2)c2ccccc2-3)c([B])c([B])c1-c1cccc2ccccc12. The van der Waals surface area contributed by atoms with E-state index in [-0.39, 0.29) is 0 Å². The monoisotopic (exact) mass is 771 g/mol. The first-order valence-corrected chi connectivity index (χ1v) is 21.0. The topological polar surface area (TPSA) is 3.24 Å². The smallest absolute Gasteiger partial charge is 0.115 e. The predicted molar refractivity (Wildman–Crippen MR) is 261 cm³/mol. The summed E-state index contributed by atoms with van der Waals surface area (Å²) in [6.07, 6.45) is 0. The number of rotatable bonds is 6. The fraction of sp³-hybridized carbons (Fsp3) is 0.0370. The molecule has 60 heavy (non-hydrogen) atoms. The van der Waals surface area contributed by atoms with Gasteiger partial charge in [-0.3, -0.25) is 0 Å². The number of nitrogens with zero attached hydrogens (tertiary/aromatic N) is 1. The molecule has 6 heteroatoms. The van der Waals surface area contributed by atoms with Crippen molar-refractivity contribution in [1.29, 1.82) is 0 Å². The number of benzene rings is 9. The Balaban J connectivity index is 1.17. The van der Waals surface area contributed by atoms with Crippen LogP contribution >= 0.6 is 11.3 Å². The van der Waals surface area contributed by atoms with E-state index < -0.39 is 5.41 Å². The molecule has 8 radical (unpaired) electrons. The van der Waals surface area contributed by atoms with Crippen LogP contribution in [0.1, 0.15) is 23.6 Å². The zero-order valence-corrected chi connectivity index (χ0v) is 33.8. The predicted octanol–water partition coefficient (Wildman–Crippen LogP) is 10.5. The minimum Gasteiger partial charge on any atom is -0.312 e. The van der Waals surface area contributed by atoms with Gasteiger partial charge in [-0.15, -0.1) is 11.3 Å². The Morgan fingerprint density at radius 1 is 0.450 bits per heavy atom. The van der Waals surface area contributed by atoms with Gasteiger partial charge in [0.25, 0.3) is 0 Å². The van der Waals surface area contributed by atoms with Crippen LogP contribution in [0.3, 0.4) is 0 Å². The van der Waals surface area contributed by atoms with E-state index in [2.05, 4.69) is 170 Å². The first-order valence-electron chi connectivity index (χ1n) is 20.2. The Kier molecular flexibility index (Phi) is 8.58. The molecule has 1 heterocycles. The summed E-state index contributed by atoms with van der Waals surface area (Å²) in [5.41, 5.74) is 13.2.